The first-order chi connectivity index (χ1) is 15.5. The van der Waals surface area contributed by atoms with Crippen molar-refractivity contribution >= 4 is 23.4 Å². The van der Waals surface area contributed by atoms with E-state index in [1.54, 1.807) is 26.0 Å². The van der Waals surface area contributed by atoms with Crippen LogP contribution in [0.1, 0.15) is 22.4 Å². The third-order valence-corrected chi connectivity index (χ3v) is 7.01. The normalized spacial score (nSPS) is 13.3. The molecule has 0 aliphatic carbocycles. The highest BCUT2D eigenvalue weighted by Crippen LogP contribution is 2.42. The topological polar surface area (TPSA) is 58.4 Å². The lowest BCUT2D eigenvalue weighted by Crippen LogP contribution is -2.28. The standard InChI is InChI=1S/C25H24ClN3O2S/c1-29-11-10-22-20(14-29)24(18-12-17(30-2)8-9-23(18)31-3)19(13-27)25(28-22)32-15-16-6-4-5-7-21(16)26/h4-9,12H,10-11,14-15H2,1-3H3. The number of hydrogen-bond donors (Lipinski definition) is 0. The summed E-state index contributed by atoms with van der Waals surface area (Å²) in [5.74, 6) is 2.05. The van der Waals surface area contributed by atoms with Gasteiger partial charge in [0.1, 0.15) is 22.6 Å². The molecule has 0 fully saturated rings. The minimum Gasteiger partial charge on any atom is -0.497 e. The smallest absolute Gasteiger partial charge is 0.127 e. The van der Waals surface area contributed by atoms with Crippen molar-refractivity contribution in [2.75, 3.05) is 27.8 Å². The number of nitriles is 1. The fourth-order valence-corrected chi connectivity index (χ4v) is 5.24. The molecule has 1 aromatic heterocycles. The number of pyridine rings is 1. The first-order valence-electron chi connectivity index (χ1n) is 10.3. The molecular weight excluding hydrogens is 442 g/mol. The van der Waals surface area contributed by atoms with Crippen molar-refractivity contribution < 1.29 is 9.47 Å². The van der Waals surface area contributed by atoms with Crippen LogP contribution >= 0.6 is 23.4 Å². The predicted octanol–water partition coefficient (Wildman–Crippen LogP) is 5.57. The Morgan fingerprint density at radius 2 is 2.00 bits per heavy atom. The largest absolute Gasteiger partial charge is 0.497 e. The van der Waals surface area contributed by atoms with E-state index in [1.165, 1.54) is 0 Å². The van der Waals surface area contributed by atoms with Crippen LogP contribution in [0.5, 0.6) is 11.5 Å². The molecule has 2 aromatic carbocycles. The molecule has 0 bridgehead atoms. The zero-order valence-corrected chi connectivity index (χ0v) is 19.9. The molecule has 164 valence electrons. The van der Waals surface area contributed by atoms with Crippen LogP contribution in [-0.4, -0.2) is 37.7 Å². The van der Waals surface area contributed by atoms with Gasteiger partial charge in [-0.25, -0.2) is 4.98 Å². The Bertz CT molecular complexity index is 1190. The summed E-state index contributed by atoms with van der Waals surface area (Å²) in [4.78, 5) is 7.19. The summed E-state index contributed by atoms with van der Waals surface area (Å²) < 4.78 is 11.2. The molecule has 4 rings (SSSR count). The number of fused-ring (bicyclic) bond motifs is 1. The third kappa shape index (κ3) is 4.42. The number of hydrogen-bond acceptors (Lipinski definition) is 6. The van der Waals surface area contributed by atoms with Crippen molar-refractivity contribution in [3.63, 3.8) is 0 Å². The van der Waals surface area contributed by atoms with E-state index < -0.39 is 0 Å². The molecule has 0 radical (unpaired) electrons. The second kappa shape index (κ2) is 9.83. The molecule has 0 amide bonds. The average molecular weight is 466 g/mol. The van der Waals surface area contributed by atoms with E-state index in [9.17, 15) is 5.26 Å². The van der Waals surface area contributed by atoms with E-state index in [2.05, 4.69) is 18.0 Å². The SMILES string of the molecule is COc1ccc(OC)c(-c2c(C#N)c(SCc3ccccc3Cl)nc3c2CN(C)CC3)c1. The summed E-state index contributed by atoms with van der Waals surface area (Å²) in [5.41, 5.74) is 5.40. The number of aromatic nitrogens is 1. The molecular formula is C25H24ClN3O2S. The third-order valence-electron chi connectivity index (χ3n) is 5.62. The lowest BCUT2D eigenvalue weighted by atomic mass is 9.91. The van der Waals surface area contributed by atoms with Crippen LogP contribution in [-0.2, 0) is 18.7 Å². The predicted molar refractivity (Wildman–Crippen MR) is 129 cm³/mol. The fourth-order valence-electron chi connectivity index (χ4n) is 3.95. The maximum Gasteiger partial charge on any atom is 0.127 e. The molecule has 7 heteroatoms. The molecule has 5 nitrogen and oxygen atoms in total. The van der Waals surface area contributed by atoms with Crippen molar-refractivity contribution in [3.8, 4) is 28.7 Å². The molecule has 0 saturated carbocycles. The monoisotopic (exact) mass is 465 g/mol. The molecule has 0 saturated heterocycles. The van der Waals surface area contributed by atoms with Crippen molar-refractivity contribution in [1.82, 2.24) is 9.88 Å². The van der Waals surface area contributed by atoms with Gasteiger partial charge >= 0.3 is 0 Å². The summed E-state index contributed by atoms with van der Waals surface area (Å²) in [6.07, 6.45) is 0.830. The minimum absolute atomic E-state index is 0.558. The fraction of sp³-hybridized carbons (Fsp3) is 0.280. The summed E-state index contributed by atoms with van der Waals surface area (Å²) in [5, 5.41) is 11.7. The van der Waals surface area contributed by atoms with Crippen molar-refractivity contribution in [3.05, 3.63) is 69.9 Å². The van der Waals surface area contributed by atoms with Crippen molar-refractivity contribution in [2.24, 2.45) is 0 Å². The quantitative estimate of drug-likeness (QED) is 0.443. The lowest BCUT2D eigenvalue weighted by molar-refractivity contribution is 0.309. The Hall–Kier alpha value is -2.72. The highest BCUT2D eigenvalue weighted by Gasteiger charge is 2.27. The molecule has 0 spiro atoms. The van der Waals surface area contributed by atoms with Gasteiger partial charge < -0.3 is 14.4 Å². The zero-order valence-electron chi connectivity index (χ0n) is 18.3. The van der Waals surface area contributed by atoms with Crippen LogP contribution in [0.2, 0.25) is 5.02 Å². The number of likely N-dealkylation sites (N-methyl/N-ethyl adjacent to an activating group) is 1. The van der Waals surface area contributed by atoms with E-state index in [-0.39, 0.29) is 0 Å². The molecule has 3 aromatic rings. The van der Waals surface area contributed by atoms with Gasteiger partial charge in [-0.2, -0.15) is 5.26 Å². The summed E-state index contributed by atoms with van der Waals surface area (Å²) in [6, 6.07) is 15.9. The van der Waals surface area contributed by atoms with Gasteiger partial charge in [0.2, 0.25) is 0 Å². The Balaban J connectivity index is 1.89. The van der Waals surface area contributed by atoms with Crippen LogP contribution in [0.15, 0.2) is 47.5 Å². The van der Waals surface area contributed by atoms with E-state index >= 15 is 0 Å². The first-order valence-corrected chi connectivity index (χ1v) is 11.6. The van der Waals surface area contributed by atoms with Crippen LogP contribution in [0, 0.1) is 11.3 Å². The van der Waals surface area contributed by atoms with Gasteiger partial charge in [-0.1, -0.05) is 29.8 Å². The molecule has 2 heterocycles. The van der Waals surface area contributed by atoms with Gasteiger partial charge in [0.25, 0.3) is 0 Å². The number of rotatable bonds is 6. The maximum absolute atomic E-state index is 10.3. The molecule has 0 atom stereocenters. The maximum atomic E-state index is 10.3. The van der Waals surface area contributed by atoms with Gasteiger partial charge in [0.05, 0.1) is 19.8 Å². The second-order valence-electron chi connectivity index (χ2n) is 7.64. The van der Waals surface area contributed by atoms with Crippen LogP contribution in [0.3, 0.4) is 0 Å². The van der Waals surface area contributed by atoms with Crippen LogP contribution in [0.25, 0.3) is 11.1 Å². The minimum atomic E-state index is 0.558. The van der Waals surface area contributed by atoms with E-state index in [0.29, 0.717) is 27.8 Å². The van der Waals surface area contributed by atoms with Crippen LogP contribution < -0.4 is 9.47 Å². The number of nitrogens with zero attached hydrogens (tertiary/aromatic N) is 3. The van der Waals surface area contributed by atoms with E-state index in [0.717, 1.165) is 52.5 Å². The number of ether oxygens (including phenoxy) is 2. The molecule has 0 N–H and O–H groups in total. The highest BCUT2D eigenvalue weighted by atomic mass is 35.5. The Morgan fingerprint density at radius 3 is 2.72 bits per heavy atom. The summed E-state index contributed by atoms with van der Waals surface area (Å²) in [6.45, 7) is 1.65. The molecule has 1 aliphatic rings. The average Bonchev–Trinajstić information content (AvgIpc) is 2.82. The van der Waals surface area contributed by atoms with Crippen molar-refractivity contribution in [2.45, 2.75) is 23.7 Å². The van der Waals surface area contributed by atoms with Crippen LogP contribution in [0.4, 0.5) is 0 Å². The van der Waals surface area contributed by atoms with Gasteiger partial charge in [-0.15, -0.1) is 11.8 Å². The number of methoxy groups -OCH3 is 2. The van der Waals surface area contributed by atoms with E-state index in [4.69, 9.17) is 26.1 Å². The molecule has 32 heavy (non-hydrogen) atoms. The Morgan fingerprint density at radius 1 is 1.19 bits per heavy atom. The lowest BCUT2D eigenvalue weighted by Gasteiger charge is -2.28. The van der Waals surface area contributed by atoms with Crippen molar-refractivity contribution in [1.29, 1.82) is 5.26 Å². The highest BCUT2D eigenvalue weighted by molar-refractivity contribution is 7.98. The van der Waals surface area contributed by atoms with Gasteiger partial charge in [-0.05, 0) is 42.4 Å². The molecule has 1 aliphatic heterocycles. The Labute approximate surface area is 197 Å². The summed E-state index contributed by atoms with van der Waals surface area (Å²) >= 11 is 7.90. The van der Waals surface area contributed by atoms with Gasteiger partial charge in [0.15, 0.2) is 0 Å². The Kier molecular flexibility index (Phi) is 6.90. The van der Waals surface area contributed by atoms with Gasteiger partial charge in [0, 0.05) is 47.1 Å². The van der Waals surface area contributed by atoms with Gasteiger partial charge in [-0.3, -0.25) is 0 Å². The first kappa shape index (κ1) is 22.5. The second-order valence-corrected chi connectivity index (χ2v) is 9.01. The zero-order chi connectivity index (χ0) is 22.7. The molecule has 0 unspecified atom stereocenters. The summed E-state index contributed by atoms with van der Waals surface area (Å²) in [7, 11) is 5.36. The number of thioether (sulfide) groups is 1. The number of halogens is 1. The van der Waals surface area contributed by atoms with E-state index in [1.807, 2.05) is 42.5 Å². The number of benzene rings is 2.